The summed E-state index contributed by atoms with van der Waals surface area (Å²) in [4.78, 5) is 14.4. The zero-order valence-electron chi connectivity index (χ0n) is 12.4. The first kappa shape index (κ1) is 14.1. The average molecular weight is 260 g/mol. The number of rotatable bonds is 4. The average Bonchev–Trinajstić information content (AvgIpc) is 3.08. The zero-order valence-corrected chi connectivity index (χ0v) is 12.4. The van der Waals surface area contributed by atoms with Gasteiger partial charge >= 0.3 is 0 Å². The number of nitrogens with two attached hydrogens (primary N) is 1. The first-order valence-electron chi connectivity index (χ1n) is 6.92. The van der Waals surface area contributed by atoms with Crippen LogP contribution in [-0.4, -0.2) is 30.9 Å². The lowest BCUT2D eigenvalue weighted by atomic mass is 9.98. The SMILES string of the molecule is Cc1cc(C)c(C(=O)N(C)CC2(CN)CC2)c(C)c1. The van der Waals surface area contributed by atoms with Gasteiger partial charge in [0.1, 0.15) is 0 Å². The molecule has 1 aliphatic rings. The minimum absolute atomic E-state index is 0.120. The molecule has 19 heavy (non-hydrogen) atoms. The summed E-state index contributed by atoms with van der Waals surface area (Å²) in [6, 6.07) is 4.15. The van der Waals surface area contributed by atoms with Crippen molar-refractivity contribution in [2.24, 2.45) is 11.1 Å². The summed E-state index contributed by atoms with van der Waals surface area (Å²) in [5.74, 6) is 0.120. The van der Waals surface area contributed by atoms with Gasteiger partial charge in [-0.05, 0) is 51.3 Å². The predicted octanol–water partition coefficient (Wildman–Crippen LogP) is 2.42. The molecule has 1 saturated carbocycles. The Bertz CT molecular complexity index is 480. The molecule has 1 amide bonds. The van der Waals surface area contributed by atoms with E-state index in [0.29, 0.717) is 6.54 Å². The third-order valence-corrected chi connectivity index (χ3v) is 4.20. The number of aryl methyl sites for hydroxylation is 3. The second-order valence-corrected chi connectivity index (χ2v) is 6.14. The van der Waals surface area contributed by atoms with Crippen molar-refractivity contribution >= 4 is 5.91 Å². The Hall–Kier alpha value is -1.35. The van der Waals surface area contributed by atoms with E-state index in [-0.39, 0.29) is 11.3 Å². The van der Waals surface area contributed by atoms with Crippen LogP contribution in [0.1, 0.15) is 39.9 Å². The van der Waals surface area contributed by atoms with Gasteiger partial charge in [0, 0.05) is 24.6 Å². The summed E-state index contributed by atoms with van der Waals surface area (Å²) in [5.41, 5.74) is 10.2. The maximum Gasteiger partial charge on any atom is 0.254 e. The topological polar surface area (TPSA) is 46.3 Å². The summed E-state index contributed by atoms with van der Waals surface area (Å²) in [5, 5.41) is 0. The third-order valence-electron chi connectivity index (χ3n) is 4.20. The van der Waals surface area contributed by atoms with Crippen LogP contribution in [0, 0.1) is 26.2 Å². The van der Waals surface area contributed by atoms with Gasteiger partial charge in [0.05, 0.1) is 0 Å². The highest BCUT2D eigenvalue weighted by Gasteiger charge is 2.42. The Kier molecular flexibility index (Phi) is 3.68. The molecule has 2 rings (SSSR count). The molecule has 0 heterocycles. The molecule has 2 N–H and O–H groups in total. The van der Waals surface area contributed by atoms with Crippen molar-refractivity contribution in [3.63, 3.8) is 0 Å². The maximum atomic E-state index is 12.6. The monoisotopic (exact) mass is 260 g/mol. The molecule has 1 aromatic rings. The Morgan fingerprint density at radius 1 is 1.26 bits per heavy atom. The molecule has 0 aromatic heterocycles. The molecule has 0 unspecified atom stereocenters. The van der Waals surface area contributed by atoms with E-state index in [1.54, 1.807) is 0 Å². The van der Waals surface area contributed by atoms with Crippen LogP contribution in [0.15, 0.2) is 12.1 Å². The van der Waals surface area contributed by atoms with E-state index in [1.807, 2.05) is 25.8 Å². The molecule has 104 valence electrons. The van der Waals surface area contributed by atoms with Crippen LogP contribution in [-0.2, 0) is 0 Å². The highest BCUT2D eigenvalue weighted by Crippen LogP contribution is 2.45. The number of carbonyl (C=O) groups is 1. The lowest BCUT2D eigenvalue weighted by Gasteiger charge is -2.24. The van der Waals surface area contributed by atoms with Gasteiger partial charge in [0.15, 0.2) is 0 Å². The number of hydrogen-bond donors (Lipinski definition) is 1. The molecule has 0 radical (unpaired) electrons. The van der Waals surface area contributed by atoms with Gasteiger partial charge in [-0.25, -0.2) is 0 Å². The highest BCUT2D eigenvalue weighted by atomic mass is 16.2. The van der Waals surface area contributed by atoms with Crippen molar-refractivity contribution in [1.82, 2.24) is 4.90 Å². The fourth-order valence-corrected chi connectivity index (χ4v) is 2.89. The van der Waals surface area contributed by atoms with Crippen LogP contribution in [0.4, 0.5) is 0 Å². The van der Waals surface area contributed by atoms with E-state index in [4.69, 9.17) is 5.73 Å². The molecule has 0 aliphatic heterocycles. The second kappa shape index (κ2) is 4.97. The zero-order chi connectivity index (χ0) is 14.2. The molecular weight excluding hydrogens is 236 g/mol. The van der Waals surface area contributed by atoms with Gasteiger partial charge < -0.3 is 10.6 Å². The minimum atomic E-state index is 0.120. The van der Waals surface area contributed by atoms with Crippen molar-refractivity contribution < 1.29 is 4.79 Å². The van der Waals surface area contributed by atoms with Gasteiger partial charge in [0.25, 0.3) is 5.91 Å². The first-order chi connectivity index (χ1) is 8.88. The largest absolute Gasteiger partial charge is 0.341 e. The Morgan fingerprint density at radius 2 is 1.79 bits per heavy atom. The normalized spacial score (nSPS) is 16.3. The highest BCUT2D eigenvalue weighted by molar-refractivity contribution is 5.97. The van der Waals surface area contributed by atoms with Crippen LogP contribution < -0.4 is 5.73 Å². The number of hydrogen-bond acceptors (Lipinski definition) is 2. The van der Waals surface area contributed by atoms with Gasteiger partial charge in [-0.2, -0.15) is 0 Å². The van der Waals surface area contributed by atoms with Gasteiger partial charge in [-0.15, -0.1) is 0 Å². The number of carbonyl (C=O) groups excluding carboxylic acids is 1. The van der Waals surface area contributed by atoms with Gasteiger partial charge in [-0.3, -0.25) is 4.79 Å². The standard InChI is InChI=1S/C16H24N2O/c1-11-7-12(2)14(13(3)8-11)15(19)18(4)10-16(9-17)5-6-16/h7-8H,5-6,9-10,17H2,1-4H3. The Labute approximate surface area is 115 Å². The summed E-state index contributed by atoms with van der Waals surface area (Å²) < 4.78 is 0. The van der Waals surface area contributed by atoms with Crippen LogP contribution >= 0.6 is 0 Å². The molecule has 3 nitrogen and oxygen atoms in total. The van der Waals surface area contributed by atoms with E-state index in [9.17, 15) is 4.79 Å². The third kappa shape index (κ3) is 2.81. The predicted molar refractivity (Wildman–Crippen MR) is 78.3 cm³/mol. The van der Waals surface area contributed by atoms with E-state index >= 15 is 0 Å². The second-order valence-electron chi connectivity index (χ2n) is 6.14. The number of amides is 1. The first-order valence-corrected chi connectivity index (χ1v) is 6.92. The van der Waals surface area contributed by atoms with Gasteiger partial charge in [-0.1, -0.05) is 17.7 Å². The van der Waals surface area contributed by atoms with E-state index in [2.05, 4.69) is 19.1 Å². The smallest absolute Gasteiger partial charge is 0.254 e. The molecule has 0 atom stereocenters. The summed E-state index contributed by atoms with van der Waals surface area (Å²) in [6.45, 7) is 7.53. The quantitative estimate of drug-likeness (QED) is 0.903. The van der Waals surface area contributed by atoms with E-state index < -0.39 is 0 Å². The van der Waals surface area contributed by atoms with Crippen LogP contribution in [0.2, 0.25) is 0 Å². The molecule has 0 saturated heterocycles. The molecular formula is C16H24N2O. The van der Waals surface area contributed by atoms with Crippen LogP contribution in [0.3, 0.4) is 0 Å². The van der Waals surface area contributed by atoms with Crippen molar-refractivity contribution in [3.8, 4) is 0 Å². The molecule has 1 aromatic carbocycles. The summed E-state index contributed by atoms with van der Waals surface area (Å²) in [6.07, 6.45) is 2.29. The fourth-order valence-electron chi connectivity index (χ4n) is 2.89. The maximum absolute atomic E-state index is 12.6. The molecule has 3 heteroatoms. The molecule has 0 spiro atoms. The molecule has 1 fully saturated rings. The summed E-state index contributed by atoms with van der Waals surface area (Å²) >= 11 is 0. The van der Waals surface area contributed by atoms with E-state index in [0.717, 1.165) is 36.1 Å². The number of benzene rings is 1. The van der Waals surface area contributed by atoms with Crippen molar-refractivity contribution in [1.29, 1.82) is 0 Å². The fraction of sp³-hybridized carbons (Fsp3) is 0.562. The van der Waals surface area contributed by atoms with Crippen molar-refractivity contribution in [2.45, 2.75) is 33.6 Å². The van der Waals surface area contributed by atoms with Crippen molar-refractivity contribution in [3.05, 3.63) is 34.4 Å². The van der Waals surface area contributed by atoms with Crippen LogP contribution in [0.25, 0.3) is 0 Å². The minimum Gasteiger partial charge on any atom is -0.341 e. The van der Waals surface area contributed by atoms with Crippen molar-refractivity contribution in [2.75, 3.05) is 20.1 Å². The van der Waals surface area contributed by atoms with Crippen LogP contribution in [0.5, 0.6) is 0 Å². The summed E-state index contributed by atoms with van der Waals surface area (Å²) in [7, 11) is 1.89. The molecule has 1 aliphatic carbocycles. The Balaban J connectivity index is 2.20. The van der Waals surface area contributed by atoms with E-state index in [1.165, 1.54) is 5.56 Å². The lowest BCUT2D eigenvalue weighted by Crippen LogP contribution is -2.36. The number of nitrogens with zero attached hydrogens (tertiary/aromatic N) is 1. The Morgan fingerprint density at radius 3 is 2.21 bits per heavy atom. The lowest BCUT2D eigenvalue weighted by molar-refractivity contribution is 0.0765. The van der Waals surface area contributed by atoms with Gasteiger partial charge in [0.2, 0.25) is 0 Å². The molecule has 0 bridgehead atoms.